The van der Waals surface area contributed by atoms with Gasteiger partial charge in [-0.3, -0.25) is 14.9 Å². The summed E-state index contributed by atoms with van der Waals surface area (Å²) in [7, 11) is 0. The Bertz CT molecular complexity index is 919. The molecule has 0 spiro atoms. The second-order valence-corrected chi connectivity index (χ2v) is 6.23. The molecule has 0 aliphatic carbocycles. The number of benzene rings is 2. The van der Waals surface area contributed by atoms with Crippen molar-refractivity contribution >= 4 is 39.7 Å². The predicted molar refractivity (Wildman–Crippen MR) is 101 cm³/mol. The van der Waals surface area contributed by atoms with E-state index in [9.17, 15) is 9.59 Å². The van der Waals surface area contributed by atoms with Gasteiger partial charge < -0.3 is 11.1 Å². The first-order chi connectivity index (χ1) is 12.0. The van der Waals surface area contributed by atoms with E-state index in [1.54, 1.807) is 36.4 Å². The molecule has 7 heteroatoms. The van der Waals surface area contributed by atoms with Crippen molar-refractivity contribution in [2.24, 2.45) is 0 Å². The van der Waals surface area contributed by atoms with Gasteiger partial charge in [-0.2, -0.15) is 0 Å². The summed E-state index contributed by atoms with van der Waals surface area (Å²) in [5.74, 6) is -0.476. The van der Waals surface area contributed by atoms with Crippen LogP contribution in [0, 0.1) is 0 Å². The Kier molecular flexibility index (Phi) is 4.76. The van der Waals surface area contributed by atoms with Gasteiger partial charge in [0.05, 0.1) is 5.69 Å². The lowest BCUT2D eigenvalue weighted by Crippen LogP contribution is -2.13. The minimum Gasteiger partial charge on any atom is -0.399 e. The Balaban J connectivity index is 1.73. The molecule has 1 aromatic heterocycles. The second kappa shape index (κ2) is 7.14. The maximum Gasteiger partial charge on any atom is 0.257 e. The van der Waals surface area contributed by atoms with Crippen LogP contribution in [0.2, 0.25) is 0 Å². The van der Waals surface area contributed by atoms with Crippen LogP contribution in [-0.4, -0.2) is 16.8 Å². The maximum atomic E-state index is 12.4. The molecular weight excluding hydrogens is 336 g/mol. The molecule has 0 saturated heterocycles. The fourth-order valence-electron chi connectivity index (χ4n) is 2.23. The number of rotatable bonds is 4. The van der Waals surface area contributed by atoms with Gasteiger partial charge in [0.15, 0.2) is 5.13 Å². The van der Waals surface area contributed by atoms with Gasteiger partial charge in [0.1, 0.15) is 0 Å². The number of amides is 2. The molecule has 126 valence electrons. The average molecular weight is 352 g/mol. The molecule has 0 unspecified atom stereocenters. The topological polar surface area (TPSA) is 97.1 Å². The molecule has 0 saturated carbocycles. The van der Waals surface area contributed by atoms with Crippen LogP contribution in [0.1, 0.15) is 17.3 Å². The summed E-state index contributed by atoms with van der Waals surface area (Å²) in [6.07, 6.45) is 0. The third-order valence-corrected chi connectivity index (χ3v) is 4.13. The van der Waals surface area contributed by atoms with Gasteiger partial charge in [0.2, 0.25) is 5.91 Å². The molecule has 0 aliphatic heterocycles. The average Bonchev–Trinajstić information content (AvgIpc) is 3.03. The Hall–Kier alpha value is -3.19. The summed E-state index contributed by atoms with van der Waals surface area (Å²) < 4.78 is 0. The molecule has 6 nitrogen and oxygen atoms in total. The first-order valence-electron chi connectivity index (χ1n) is 7.52. The predicted octanol–water partition coefficient (Wildman–Crippen LogP) is 3.60. The van der Waals surface area contributed by atoms with E-state index in [0.29, 0.717) is 22.1 Å². The van der Waals surface area contributed by atoms with Gasteiger partial charge in [-0.1, -0.05) is 18.2 Å². The van der Waals surface area contributed by atoms with E-state index < -0.39 is 0 Å². The number of nitrogens with zero attached hydrogens (tertiary/aromatic N) is 1. The lowest BCUT2D eigenvalue weighted by atomic mass is 10.1. The highest BCUT2D eigenvalue weighted by Gasteiger charge is 2.11. The van der Waals surface area contributed by atoms with Crippen molar-refractivity contribution in [1.82, 2.24) is 4.98 Å². The Labute approximate surface area is 148 Å². The molecule has 0 fully saturated rings. The molecule has 0 aliphatic rings. The first-order valence-corrected chi connectivity index (χ1v) is 8.40. The molecule has 25 heavy (non-hydrogen) atoms. The smallest absolute Gasteiger partial charge is 0.257 e. The number of nitrogens with two attached hydrogens (primary N) is 1. The Morgan fingerprint density at radius 2 is 1.84 bits per heavy atom. The SMILES string of the molecule is CC(=O)Nc1cccc(C(=O)Nc2nc(-c3ccc(N)cc3)cs2)c1. The number of carbonyl (C=O) groups excluding carboxylic acids is 2. The number of anilines is 3. The van der Waals surface area contributed by atoms with Crippen molar-refractivity contribution in [3.63, 3.8) is 0 Å². The molecule has 3 rings (SSSR count). The molecular formula is C18H16N4O2S. The van der Waals surface area contributed by atoms with Gasteiger partial charge in [-0.15, -0.1) is 11.3 Å². The number of nitrogen functional groups attached to an aromatic ring is 1. The summed E-state index contributed by atoms with van der Waals surface area (Å²) in [4.78, 5) is 27.9. The molecule has 3 aromatic rings. The fraction of sp³-hybridized carbons (Fsp3) is 0.0556. The Morgan fingerprint density at radius 3 is 2.56 bits per heavy atom. The van der Waals surface area contributed by atoms with Crippen LogP contribution in [0.15, 0.2) is 53.9 Å². The quantitative estimate of drug-likeness (QED) is 0.625. The molecule has 2 amide bonds. The minimum atomic E-state index is -0.287. The molecule has 2 aromatic carbocycles. The van der Waals surface area contributed by atoms with Gasteiger partial charge in [-0.05, 0) is 30.3 Å². The van der Waals surface area contributed by atoms with E-state index in [4.69, 9.17) is 5.73 Å². The third-order valence-electron chi connectivity index (χ3n) is 3.38. The number of hydrogen-bond donors (Lipinski definition) is 3. The summed E-state index contributed by atoms with van der Waals surface area (Å²) in [6, 6.07) is 14.1. The molecule has 0 bridgehead atoms. The normalized spacial score (nSPS) is 10.3. The van der Waals surface area contributed by atoms with Crippen LogP contribution in [0.25, 0.3) is 11.3 Å². The van der Waals surface area contributed by atoms with Crippen molar-refractivity contribution in [2.75, 3.05) is 16.4 Å². The van der Waals surface area contributed by atoms with Crippen molar-refractivity contribution in [3.8, 4) is 11.3 Å². The van der Waals surface area contributed by atoms with E-state index in [1.165, 1.54) is 18.3 Å². The largest absolute Gasteiger partial charge is 0.399 e. The van der Waals surface area contributed by atoms with Crippen LogP contribution in [-0.2, 0) is 4.79 Å². The fourth-order valence-corrected chi connectivity index (χ4v) is 2.94. The van der Waals surface area contributed by atoms with E-state index in [0.717, 1.165) is 11.3 Å². The van der Waals surface area contributed by atoms with Crippen LogP contribution in [0.5, 0.6) is 0 Å². The van der Waals surface area contributed by atoms with Gasteiger partial charge >= 0.3 is 0 Å². The summed E-state index contributed by atoms with van der Waals surface area (Å²) in [5, 5.41) is 7.79. The number of carbonyl (C=O) groups is 2. The molecule has 4 N–H and O–H groups in total. The number of aromatic nitrogens is 1. The highest BCUT2D eigenvalue weighted by Crippen LogP contribution is 2.26. The van der Waals surface area contributed by atoms with Crippen molar-refractivity contribution in [2.45, 2.75) is 6.92 Å². The number of hydrogen-bond acceptors (Lipinski definition) is 5. The first kappa shape index (κ1) is 16.7. The molecule has 0 radical (unpaired) electrons. The Morgan fingerprint density at radius 1 is 1.08 bits per heavy atom. The van der Waals surface area contributed by atoms with Gasteiger partial charge in [-0.25, -0.2) is 4.98 Å². The van der Waals surface area contributed by atoms with E-state index >= 15 is 0 Å². The lowest BCUT2D eigenvalue weighted by Gasteiger charge is -2.05. The summed E-state index contributed by atoms with van der Waals surface area (Å²) in [5.41, 5.74) is 9.08. The lowest BCUT2D eigenvalue weighted by molar-refractivity contribution is -0.114. The van der Waals surface area contributed by atoms with Crippen molar-refractivity contribution in [1.29, 1.82) is 0 Å². The van der Waals surface area contributed by atoms with Crippen LogP contribution < -0.4 is 16.4 Å². The van der Waals surface area contributed by atoms with Gasteiger partial charge in [0.25, 0.3) is 5.91 Å². The summed E-state index contributed by atoms with van der Waals surface area (Å²) in [6.45, 7) is 1.42. The van der Waals surface area contributed by atoms with E-state index in [-0.39, 0.29) is 11.8 Å². The van der Waals surface area contributed by atoms with Crippen LogP contribution in [0.3, 0.4) is 0 Å². The minimum absolute atomic E-state index is 0.189. The highest BCUT2D eigenvalue weighted by atomic mass is 32.1. The number of nitrogens with one attached hydrogen (secondary N) is 2. The van der Waals surface area contributed by atoms with E-state index in [2.05, 4.69) is 15.6 Å². The van der Waals surface area contributed by atoms with Crippen LogP contribution >= 0.6 is 11.3 Å². The molecule has 0 atom stereocenters. The zero-order valence-electron chi connectivity index (χ0n) is 13.4. The maximum absolute atomic E-state index is 12.4. The van der Waals surface area contributed by atoms with Gasteiger partial charge in [0, 0.05) is 34.8 Å². The van der Waals surface area contributed by atoms with Crippen molar-refractivity contribution < 1.29 is 9.59 Å². The molecule has 1 heterocycles. The zero-order chi connectivity index (χ0) is 17.8. The van der Waals surface area contributed by atoms with Crippen LogP contribution in [0.4, 0.5) is 16.5 Å². The second-order valence-electron chi connectivity index (χ2n) is 5.38. The monoisotopic (exact) mass is 352 g/mol. The standard InChI is InChI=1S/C18H16N4O2S/c1-11(23)20-15-4-2-3-13(9-15)17(24)22-18-21-16(10-25-18)12-5-7-14(19)8-6-12/h2-10H,19H2,1H3,(H,20,23)(H,21,22,24). The summed E-state index contributed by atoms with van der Waals surface area (Å²) >= 11 is 1.34. The third kappa shape index (κ3) is 4.21. The van der Waals surface area contributed by atoms with Crippen molar-refractivity contribution in [3.05, 3.63) is 59.5 Å². The highest BCUT2D eigenvalue weighted by molar-refractivity contribution is 7.14. The number of thiazole rings is 1. The van der Waals surface area contributed by atoms with E-state index in [1.807, 2.05) is 17.5 Å². The zero-order valence-corrected chi connectivity index (χ0v) is 14.3.